The number of nitrogens with zero attached hydrogens (tertiary/aromatic N) is 2. The van der Waals surface area contributed by atoms with Crippen LogP contribution in [0.5, 0.6) is 0 Å². The third-order valence-electron chi connectivity index (χ3n) is 3.64. The minimum absolute atomic E-state index is 0.120. The molecule has 0 aromatic heterocycles. The van der Waals surface area contributed by atoms with E-state index >= 15 is 0 Å². The van der Waals surface area contributed by atoms with Crippen molar-refractivity contribution < 1.29 is 9.31 Å². The Morgan fingerprint density at radius 3 is 2.61 bits per heavy atom. The normalized spacial score (nSPS) is 16.6. The quantitative estimate of drug-likeness (QED) is 0.611. The van der Waals surface area contributed by atoms with Gasteiger partial charge in [0.15, 0.2) is 11.5 Å². The molecular formula is C13H17FN2O2. The molecule has 0 aliphatic heterocycles. The molecule has 1 aromatic carbocycles. The van der Waals surface area contributed by atoms with Crippen molar-refractivity contribution >= 4 is 11.4 Å². The van der Waals surface area contributed by atoms with Gasteiger partial charge in [0.05, 0.1) is 4.92 Å². The smallest absolute Gasteiger partial charge is 0.295 e. The number of hydrogen-bond acceptors (Lipinski definition) is 3. The fourth-order valence-corrected chi connectivity index (χ4v) is 2.65. The third-order valence-corrected chi connectivity index (χ3v) is 3.64. The highest BCUT2D eigenvalue weighted by Crippen LogP contribution is 2.34. The van der Waals surface area contributed by atoms with Crippen LogP contribution in [-0.4, -0.2) is 18.0 Å². The fraction of sp³-hybridized carbons (Fsp3) is 0.538. The number of para-hydroxylation sites is 1. The molecule has 0 heterocycles. The summed E-state index contributed by atoms with van der Waals surface area (Å²) < 4.78 is 13.9. The second-order valence-electron chi connectivity index (χ2n) is 4.77. The molecule has 1 fully saturated rings. The van der Waals surface area contributed by atoms with E-state index in [-0.39, 0.29) is 17.4 Å². The van der Waals surface area contributed by atoms with Gasteiger partial charge in [0.1, 0.15) is 0 Å². The molecule has 1 aliphatic rings. The number of halogens is 1. The molecule has 0 atom stereocenters. The first-order valence-corrected chi connectivity index (χ1v) is 6.27. The van der Waals surface area contributed by atoms with Crippen molar-refractivity contribution in [3.05, 3.63) is 34.1 Å². The van der Waals surface area contributed by atoms with E-state index in [4.69, 9.17) is 0 Å². The number of nitro groups is 1. The zero-order chi connectivity index (χ0) is 13.1. The van der Waals surface area contributed by atoms with Crippen molar-refractivity contribution in [2.75, 3.05) is 11.9 Å². The second-order valence-corrected chi connectivity index (χ2v) is 4.77. The lowest BCUT2D eigenvalue weighted by Gasteiger charge is -2.32. The molecular weight excluding hydrogens is 235 g/mol. The van der Waals surface area contributed by atoms with Crippen LogP contribution in [0, 0.1) is 15.9 Å². The lowest BCUT2D eigenvalue weighted by atomic mass is 9.94. The largest absolute Gasteiger partial charge is 0.364 e. The standard InChI is InChI=1S/C13H17FN2O2/c1-15(10-6-3-2-4-7-10)13-11(14)8-5-9-12(13)16(17)18/h5,8-10H,2-4,6-7H2,1H3. The molecule has 0 radical (unpaired) electrons. The number of nitro benzene ring substituents is 1. The summed E-state index contributed by atoms with van der Waals surface area (Å²) in [7, 11) is 1.75. The van der Waals surface area contributed by atoms with Gasteiger partial charge in [-0.15, -0.1) is 0 Å². The molecule has 0 N–H and O–H groups in total. The lowest BCUT2D eigenvalue weighted by Crippen LogP contribution is -2.34. The Morgan fingerprint density at radius 2 is 2.00 bits per heavy atom. The van der Waals surface area contributed by atoms with Gasteiger partial charge >= 0.3 is 0 Å². The first kappa shape index (κ1) is 12.8. The van der Waals surface area contributed by atoms with Crippen molar-refractivity contribution in [3.63, 3.8) is 0 Å². The van der Waals surface area contributed by atoms with Gasteiger partial charge in [0.2, 0.25) is 0 Å². The molecule has 0 unspecified atom stereocenters. The molecule has 1 saturated carbocycles. The Labute approximate surface area is 106 Å². The summed E-state index contributed by atoms with van der Waals surface area (Å²) in [5, 5.41) is 11.0. The maximum atomic E-state index is 13.9. The Hall–Kier alpha value is -1.65. The van der Waals surface area contributed by atoms with Crippen molar-refractivity contribution in [2.45, 2.75) is 38.1 Å². The van der Waals surface area contributed by atoms with E-state index in [2.05, 4.69) is 0 Å². The summed E-state index contributed by atoms with van der Waals surface area (Å²) in [5.41, 5.74) is -0.0301. The first-order chi connectivity index (χ1) is 8.61. The molecule has 0 saturated heterocycles. The van der Waals surface area contributed by atoms with Gasteiger partial charge in [-0.05, 0) is 18.9 Å². The summed E-state index contributed by atoms with van der Waals surface area (Å²) in [5.74, 6) is -0.516. The minimum atomic E-state index is -0.516. The van der Waals surface area contributed by atoms with Crippen molar-refractivity contribution in [1.29, 1.82) is 0 Å². The number of anilines is 1. The third kappa shape index (κ3) is 2.44. The van der Waals surface area contributed by atoms with Gasteiger partial charge in [0.25, 0.3) is 5.69 Å². The van der Waals surface area contributed by atoms with Crippen LogP contribution in [0.2, 0.25) is 0 Å². The summed E-state index contributed by atoms with van der Waals surface area (Å²) in [6.07, 6.45) is 5.36. The average Bonchev–Trinajstić information content (AvgIpc) is 2.38. The summed E-state index contributed by atoms with van der Waals surface area (Å²) >= 11 is 0. The second kappa shape index (κ2) is 5.33. The minimum Gasteiger partial charge on any atom is -0.364 e. The van der Waals surface area contributed by atoms with Crippen LogP contribution in [0.1, 0.15) is 32.1 Å². The van der Waals surface area contributed by atoms with E-state index in [9.17, 15) is 14.5 Å². The molecule has 4 nitrogen and oxygen atoms in total. The molecule has 18 heavy (non-hydrogen) atoms. The highest BCUT2D eigenvalue weighted by molar-refractivity contribution is 5.64. The maximum absolute atomic E-state index is 13.9. The van der Waals surface area contributed by atoms with E-state index < -0.39 is 10.7 Å². The van der Waals surface area contributed by atoms with Crippen LogP contribution in [0.15, 0.2) is 18.2 Å². The summed E-state index contributed by atoms with van der Waals surface area (Å²) in [6.45, 7) is 0. The maximum Gasteiger partial charge on any atom is 0.295 e. The predicted molar refractivity (Wildman–Crippen MR) is 68.3 cm³/mol. The molecule has 5 heteroatoms. The first-order valence-electron chi connectivity index (χ1n) is 6.27. The average molecular weight is 252 g/mol. The van der Waals surface area contributed by atoms with E-state index in [1.54, 1.807) is 11.9 Å². The van der Waals surface area contributed by atoms with Crippen LogP contribution in [0.3, 0.4) is 0 Å². The predicted octanol–water partition coefficient (Wildman–Crippen LogP) is 3.50. The molecule has 0 bridgehead atoms. The topological polar surface area (TPSA) is 46.4 Å². The fourth-order valence-electron chi connectivity index (χ4n) is 2.65. The van der Waals surface area contributed by atoms with Crippen LogP contribution in [0.25, 0.3) is 0 Å². The Bertz CT molecular complexity index is 445. The van der Waals surface area contributed by atoms with E-state index in [0.717, 1.165) is 25.7 Å². The molecule has 1 aromatic rings. The van der Waals surface area contributed by atoms with Gasteiger partial charge < -0.3 is 4.90 Å². The summed E-state index contributed by atoms with van der Waals surface area (Å²) in [6, 6.07) is 4.22. The molecule has 1 aliphatic carbocycles. The van der Waals surface area contributed by atoms with Crippen molar-refractivity contribution in [2.24, 2.45) is 0 Å². The summed E-state index contributed by atoms with van der Waals surface area (Å²) in [4.78, 5) is 12.2. The highest BCUT2D eigenvalue weighted by atomic mass is 19.1. The Kier molecular flexibility index (Phi) is 3.79. The molecule has 0 spiro atoms. The van der Waals surface area contributed by atoms with E-state index in [1.807, 2.05) is 0 Å². The van der Waals surface area contributed by atoms with E-state index in [1.165, 1.54) is 24.6 Å². The SMILES string of the molecule is CN(c1c(F)cccc1[N+](=O)[O-])C1CCCCC1. The molecule has 98 valence electrons. The number of rotatable bonds is 3. The van der Waals surface area contributed by atoms with E-state index in [0.29, 0.717) is 0 Å². The number of hydrogen-bond donors (Lipinski definition) is 0. The van der Waals surface area contributed by atoms with Gasteiger partial charge in [-0.1, -0.05) is 25.3 Å². The van der Waals surface area contributed by atoms with Crippen LogP contribution < -0.4 is 4.90 Å². The zero-order valence-corrected chi connectivity index (χ0v) is 10.4. The highest BCUT2D eigenvalue weighted by Gasteiger charge is 2.27. The lowest BCUT2D eigenvalue weighted by molar-refractivity contribution is -0.384. The molecule has 2 rings (SSSR count). The van der Waals surface area contributed by atoms with Crippen LogP contribution >= 0.6 is 0 Å². The Balaban J connectivity index is 2.33. The van der Waals surface area contributed by atoms with Crippen LogP contribution in [-0.2, 0) is 0 Å². The zero-order valence-electron chi connectivity index (χ0n) is 10.4. The van der Waals surface area contributed by atoms with Crippen molar-refractivity contribution in [3.8, 4) is 0 Å². The van der Waals surface area contributed by atoms with Crippen molar-refractivity contribution in [1.82, 2.24) is 0 Å². The monoisotopic (exact) mass is 252 g/mol. The number of benzene rings is 1. The van der Waals surface area contributed by atoms with Crippen LogP contribution in [0.4, 0.5) is 15.8 Å². The molecule has 0 amide bonds. The van der Waals surface area contributed by atoms with Gasteiger partial charge in [-0.25, -0.2) is 4.39 Å². The Morgan fingerprint density at radius 1 is 1.33 bits per heavy atom. The van der Waals surface area contributed by atoms with Gasteiger partial charge in [-0.3, -0.25) is 10.1 Å². The van der Waals surface area contributed by atoms with Gasteiger partial charge in [-0.2, -0.15) is 0 Å². The van der Waals surface area contributed by atoms with Gasteiger partial charge in [0, 0.05) is 19.2 Å².